The molecule has 1 aromatic heterocycles. The van der Waals surface area contributed by atoms with E-state index in [0.717, 1.165) is 11.0 Å². The van der Waals surface area contributed by atoms with Crippen LogP contribution in [0.2, 0.25) is 0 Å². The number of methoxy groups -OCH3 is 1. The van der Waals surface area contributed by atoms with Crippen molar-refractivity contribution < 1.29 is 19.2 Å². The first-order valence-electron chi connectivity index (χ1n) is 5.81. The zero-order valence-electron chi connectivity index (χ0n) is 11.0. The third-order valence-corrected chi connectivity index (χ3v) is 2.41. The lowest BCUT2D eigenvalue weighted by Gasteiger charge is -2.07. The maximum absolute atomic E-state index is 11.8. The van der Waals surface area contributed by atoms with Crippen molar-refractivity contribution in [1.82, 2.24) is 9.78 Å². The summed E-state index contributed by atoms with van der Waals surface area (Å²) in [5, 5.41) is 15.8. The molecule has 2 rings (SSSR count). The van der Waals surface area contributed by atoms with Crippen molar-refractivity contribution in [3.63, 3.8) is 0 Å². The number of hydrogen-bond donors (Lipinski definition) is 1. The van der Waals surface area contributed by atoms with Gasteiger partial charge in [-0.1, -0.05) is 6.07 Å². The normalized spacial score (nSPS) is 9.95. The minimum absolute atomic E-state index is 0.0998. The van der Waals surface area contributed by atoms with Crippen LogP contribution in [0.4, 0.5) is 5.69 Å². The maximum Gasteiger partial charge on any atom is 0.332 e. The Morgan fingerprint density at radius 3 is 3.14 bits per heavy atom. The van der Waals surface area contributed by atoms with Crippen molar-refractivity contribution in [2.24, 2.45) is 0 Å². The molecule has 0 fully saturated rings. The van der Waals surface area contributed by atoms with Crippen LogP contribution >= 0.6 is 0 Å². The molecule has 0 saturated carbocycles. The number of carbonyl (C=O) groups is 1. The average Bonchev–Trinajstić information content (AvgIpc) is 2.85. The van der Waals surface area contributed by atoms with Gasteiger partial charge in [0.05, 0.1) is 7.11 Å². The number of amides is 1. The minimum atomic E-state index is -0.859. The lowest BCUT2D eigenvalue weighted by molar-refractivity contribution is -0.738. The highest BCUT2D eigenvalue weighted by atomic mass is 16.7. The molecular weight excluding hydrogens is 280 g/mol. The molecule has 10 heteroatoms. The van der Waals surface area contributed by atoms with Gasteiger partial charge >= 0.3 is 6.33 Å². The summed E-state index contributed by atoms with van der Waals surface area (Å²) in [6.45, 7) is -0.0998. The number of benzene rings is 1. The molecule has 0 atom stereocenters. The second kappa shape index (κ2) is 6.32. The van der Waals surface area contributed by atoms with E-state index in [9.17, 15) is 14.9 Å². The molecule has 1 aromatic carbocycles. The molecule has 21 heavy (non-hydrogen) atoms. The molecule has 1 N–H and O–H groups in total. The van der Waals surface area contributed by atoms with Crippen LogP contribution in [0.1, 0.15) is 0 Å². The lowest BCUT2D eigenvalue weighted by atomic mass is 10.3. The van der Waals surface area contributed by atoms with E-state index in [1.54, 1.807) is 24.3 Å². The van der Waals surface area contributed by atoms with E-state index in [1.165, 1.54) is 18.1 Å². The first-order chi connectivity index (χ1) is 10.1. The predicted molar refractivity (Wildman–Crippen MR) is 69.8 cm³/mol. The Labute approximate surface area is 119 Å². The molecule has 0 aliphatic rings. The van der Waals surface area contributed by atoms with Gasteiger partial charge in [-0.05, 0) is 16.8 Å². The van der Waals surface area contributed by atoms with Gasteiger partial charge in [0.25, 0.3) is 12.2 Å². The van der Waals surface area contributed by atoms with Gasteiger partial charge in [0.2, 0.25) is 6.54 Å². The van der Waals surface area contributed by atoms with Crippen LogP contribution in [0.25, 0.3) is 5.53 Å². The fraction of sp³-hybridized carbons (Fsp3) is 0.182. The van der Waals surface area contributed by atoms with Gasteiger partial charge in [0.15, 0.2) is 0 Å². The smallest absolute Gasteiger partial charge is 0.332 e. The molecule has 0 spiro atoms. The Kier molecular flexibility index (Phi) is 4.29. The number of nitrogens with one attached hydrogen (secondary N) is 1. The zero-order chi connectivity index (χ0) is 15.2. The van der Waals surface area contributed by atoms with Gasteiger partial charge < -0.3 is 20.2 Å². The van der Waals surface area contributed by atoms with Crippen LogP contribution < -0.4 is 14.7 Å². The molecule has 0 aliphatic heterocycles. The Hall–Kier alpha value is -3.17. The third kappa shape index (κ3) is 4.16. The maximum atomic E-state index is 11.8. The van der Waals surface area contributed by atoms with Crippen LogP contribution in [0.5, 0.6) is 5.75 Å². The summed E-state index contributed by atoms with van der Waals surface area (Å²) in [6, 6.07) is 6.88. The summed E-state index contributed by atoms with van der Waals surface area (Å²) >= 11 is 0. The van der Waals surface area contributed by atoms with Crippen LogP contribution in [0.3, 0.4) is 0 Å². The van der Waals surface area contributed by atoms with Gasteiger partial charge in [0.1, 0.15) is 10.8 Å². The molecule has 110 valence electrons. The molecule has 2 aromatic rings. The van der Waals surface area contributed by atoms with Gasteiger partial charge in [-0.3, -0.25) is 10.3 Å². The highest BCUT2D eigenvalue weighted by Crippen LogP contribution is 2.16. The van der Waals surface area contributed by atoms with Gasteiger partial charge in [-0.15, -0.1) is 5.03 Å². The van der Waals surface area contributed by atoms with E-state index in [-0.39, 0.29) is 12.5 Å². The number of aromatic nitrogens is 3. The third-order valence-electron chi connectivity index (χ3n) is 2.41. The zero-order valence-corrected chi connectivity index (χ0v) is 11.0. The fourth-order valence-corrected chi connectivity index (χ4v) is 1.58. The predicted octanol–water partition coefficient (Wildman–Crippen LogP) is 0.146. The van der Waals surface area contributed by atoms with Crippen LogP contribution in [-0.4, -0.2) is 27.8 Å². The second-order valence-electron chi connectivity index (χ2n) is 3.93. The molecule has 0 bridgehead atoms. The molecule has 0 saturated heterocycles. The van der Waals surface area contributed by atoms with Crippen molar-refractivity contribution in [1.29, 1.82) is 0 Å². The molecule has 0 radical (unpaired) electrons. The lowest BCUT2D eigenvalue weighted by Crippen LogP contribution is -2.29. The quantitative estimate of drug-likeness (QED) is 0.462. The Morgan fingerprint density at radius 2 is 2.43 bits per heavy atom. The number of ether oxygens (including phenoxy) is 1. The number of rotatable bonds is 6. The standard InChI is InChI=1S/C11H12N6O4/c1-21-10-4-2-3-9(5-10)13-11(18)6-15-8-16(7-12-15)14-17(19)20/h2-5,7-8H,6H2,1H3,(H,13,18). The minimum Gasteiger partial charge on any atom is -0.497 e. The van der Waals surface area contributed by atoms with Gasteiger partial charge in [-0.2, -0.15) is 0 Å². The van der Waals surface area contributed by atoms with E-state index < -0.39 is 5.03 Å². The number of hydrogen-bond acceptors (Lipinski definition) is 5. The molecular formula is C11H12N6O4. The summed E-state index contributed by atoms with van der Waals surface area (Å²) in [7, 11) is 1.53. The van der Waals surface area contributed by atoms with Crippen molar-refractivity contribution in [2.75, 3.05) is 12.4 Å². The molecule has 10 nitrogen and oxygen atoms in total. The van der Waals surface area contributed by atoms with E-state index in [4.69, 9.17) is 4.74 Å². The van der Waals surface area contributed by atoms with Gasteiger partial charge in [0, 0.05) is 11.8 Å². The van der Waals surface area contributed by atoms with Crippen LogP contribution in [0.15, 0.2) is 36.9 Å². The highest BCUT2D eigenvalue weighted by molar-refractivity contribution is 5.90. The second-order valence-corrected chi connectivity index (χ2v) is 3.93. The largest absolute Gasteiger partial charge is 0.497 e. The van der Waals surface area contributed by atoms with Crippen LogP contribution in [-0.2, 0) is 11.3 Å². The number of nitro groups is 1. The van der Waals surface area contributed by atoms with Crippen molar-refractivity contribution in [3.05, 3.63) is 52.6 Å². The highest BCUT2D eigenvalue weighted by Gasteiger charge is 2.13. The molecule has 0 aliphatic carbocycles. The molecule has 0 unspecified atom stereocenters. The summed E-state index contributed by atoms with van der Waals surface area (Å²) in [5.41, 5.74) is 3.58. The van der Waals surface area contributed by atoms with E-state index in [0.29, 0.717) is 11.4 Å². The SMILES string of the molecule is COc1cccc(NC(=O)Cn2c[n+]([N-][N+](=O)[O-])cn2)c1. The number of anilines is 1. The van der Waals surface area contributed by atoms with Crippen molar-refractivity contribution in [2.45, 2.75) is 6.54 Å². The fourth-order valence-electron chi connectivity index (χ4n) is 1.58. The van der Waals surface area contributed by atoms with E-state index in [2.05, 4.69) is 16.0 Å². The first kappa shape index (κ1) is 14.2. The number of nitrogens with zero attached hydrogens (tertiary/aromatic N) is 5. The van der Waals surface area contributed by atoms with Crippen LogP contribution in [0, 0.1) is 10.1 Å². The summed E-state index contributed by atoms with van der Waals surface area (Å²) < 4.78 is 7.17. The van der Waals surface area contributed by atoms with E-state index >= 15 is 0 Å². The summed E-state index contributed by atoms with van der Waals surface area (Å²) in [6.07, 6.45) is 2.36. The summed E-state index contributed by atoms with van der Waals surface area (Å²) in [5.74, 6) is 0.286. The summed E-state index contributed by atoms with van der Waals surface area (Å²) in [4.78, 5) is 22.0. The van der Waals surface area contributed by atoms with Crippen molar-refractivity contribution in [3.8, 4) is 5.75 Å². The molecule has 1 amide bonds. The Balaban J connectivity index is 1.94. The number of carbonyl (C=O) groups excluding carboxylic acids is 1. The average molecular weight is 292 g/mol. The Morgan fingerprint density at radius 1 is 1.62 bits per heavy atom. The Bertz CT molecular complexity index is 656. The first-order valence-corrected chi connectivity index (χ1v) is 5.81. The van der Waals surface area contributed by atoms with E-state index in [1.807, 2.05) is 0 Å². The topological polar surface area (TPSA) is 117 Å². The van der Waals surface area contributed by atoms with Crippen molar-refractivity contribution >= 4 is 11.6 Å². The molecule has 1 heterocycles. The van der Waals surface area contributed by atoms with Gasteiger partial charge in [-0.25, -0.2) is 4.68 Å². The monoisotopic (exact) mass is 292 g/mol.